The van der Waals surface area contributed by atoms with Crippen LogP contribution in [0.15, 0.2) is 47.6 Å². The van der Waals surface area contributed by atoms with Crippen molar-refractivity contribution in [3.63, 3.8) is 0 Å². The van der Waals surface area contributed by atoms with Gasteiger partial charge in [0.2, 0.25) is 0 Å². The molecular formula is C15H12N2O3. The standard InChI is InChI=1S/C15H12N2O3/c1-19-15-13(8-7-12(9-16)14(15)17-18)20-10-11-5-3-2-4-6-11/h2-8H,10H2,1H3. The van der Waals surface area contributed by atoms with Crippen molar-refractivity contribution in [2.75, 3.05) is 7.11 Å². The van der Waals surface area contributed by atoms with Gasteiger partial charge in [-0.2, -0.15) is 5.26 Å². The van der Waals surface area contributed by atoms with E-state index < -0.39 is 0 Å². The Kier molecular flexibility index (Phi) is 4.30. The average Bonchev–Trinajstić information content (AvgIpc) is 2.52. The molecule has 0 N–H and O–H groups in total. The smallest absolute Gasteiger partial charge is 0.191 e. The van der Waals surface area contributed by atoms with Crippen LogP contribution in [0.3, 0.4) is 0 Å². The minimum absolute atomic E-state index is 0.0411. The second-order valence-corrected chi connectivity index (χ2v) is 3.97. The van der Waals surface area contributed by atoms with Crippen molar-refractivity contribution in [2.45, 2.75) is 6.61 Å². The van der Waals surface area contributed by atoms with Gasteiger partial charge in [0.15, 0.2) is 17.2 Å². The fraction of sp³-hybridized carbons (Fsp3) is 0.133. The molecule has 0 aromatic heterocycles. The van der Waals surface area contributed by atoms with E-state index in [4.69, 9.17) is 14.7 Å². The summed E-state index contributed by atoms with van der Waals surface area (Å²) in [6.45, 7) is 0.335. The molecule has 0 radical (unpaired) electrons. The number of methoxy groups -OCH3 is 1. The summed E-state index contributed by atoms with van der Waals surface area (Å²) in [4.78, 5) is 10.9. The maximum absolute atomic E-state index is 10.9. The second kappa shape index (κ2) is 6.34. The van der Waals surface area contributed by atoms with Crippen molar-refractivity contribution in [3.05, 3.63) is 58.5 Å². The highest BCUT2D eigenvalue weighted by molar-refractivity contribution is 5.67. The average molecular weight is 268 g/mol. The summed E-state index contributed by atoms with van der Waals surface area (Å²) in [5.41, 5.74) is 1.10. The van der Waals surface area contributed by atoms with E-state index >= 15 is 0 Å². The van der Waals surface area contributed by atoms with Crippen LogP contribution in [0.2, 0.25) is 0 Å². The third-order valence-electron chi connectivity index (χ3n) is 2.75. The summed E-state index contributed by atoms with van der Waals surface area (Å²) in [7, 11) is 1.40. The van der Waals surface area contributed by atoms with Gasteiger partial charge in [0, 0.05) is 0 Å². The van der Waals surface area contributed by atoms with Gasteiger partial charge in [-0.15, -0.1) is 4.91 Å². The molecule has 0 fully saturated rings. The molecule has 0 saturated heterocycles. The van der Waals surface area contributed by atoms with E-state index in [9.17, 15) is 4.91 Å². The SMILES string of the molecule is COc1c(OCc2ccccc2)ccc(C#N)c1N=O. The van der Waals surface area contributed by atoms with Crippen molar-refractivity contribution in [1.82, 2.24) is 0 Å². The predicted molar refractivity (Wildman–Crippen MR) is 73.9 cm³/mol. The fourth-order valence-corrected chi connectivity index (χ4v) is 1.78. The number of hydrogen-bond donors (Lipinski definition) is 0. The van der Waals surface area contributed by atoms with E-state index in [1.54, 1.807) is 6.07 Å². The lowest BCUT2D eigenvalue weighted by molar-refractivity contribution is 0.285. The van der Waals surface area contributed by atoms with Crippen LogP contribution in [0, 0.1) is 16.2 Å². The quantitative estimate of drug-likeness (QED) is 0.777. The van der Waals surface area contributed by atoms with Crippen LogP contribution in [0.1, 0.15) is 11.1 Å². The van der Waals surface area contributed by atoms with Gasteiger partial charge < -0.3 is 9.47 Å². The Balaban J connectivity index is 2.28. The zero-order chi connectivity index (χ0) is 14.4. The second-order valence-electron chi connectivity index (χ2n) is 3.97. The van der Waals surface area contributed by atoms with Gasteiger partial charge in [-0.1, -0.05) is 30.3 Å². The molecule has 5 nitrogen and oxygen atoms in total. The molecule has 0 bridgehead atoms. The minimum Gasteiger partial charge on any atom is -0.491 e. The molecule has 2 rings (SSSR count). The van der Waals surface area contributed by atoms with Crippen LogP contribution in [-0.4, -0.2) is 7.11 Å². The Labute approximate surface area is 116 Å². The number of ether oxygens (including phenoxy) is 2. The van der Waals surface area contributed by atoms with Gasteiger partial charge in [-0.05, 0) is 22.9 Å². The summed E-state index contributed by atoms with van der Waals surface area (Å²) < 4.78 is 10.8. The van der Waals surface area contributed by atoms with E-state index in [1.165, 1.54) is 13.2 Å². The Hall–Kier alpha value is -2.87. The van der Waals surface area contributed by atoms with Gasteiger partial charge >= 0.3 is 0 Å². The molecule has 0 unspecified atom stereocenters. The highest BCUT2D eigenvalue weighted by Gasteiger charge is 2.16. The number of nitriles is 1. The molecule has 0 amide bonds. The van der Waals surface area contributed by atoms with Gasteiger partial charge in [0.25, 0.3) is 0 Å². The van der Waals surface area contributed by atoms with Crippen LogP contribution in [0.5, 0.6) is 11.5 Å². The van der Waals surface area contributed by atoms with Crippen LogP contribution < -0.4 is 9.47 Å². The zero-order valence-corrected chi connectivity index (χ0v) is 10.9. The van der Waals surface area contributed by atoms with E-state index in [-0.39, 0.29) is 17.0 Å². The first-order valence-electron chi connectivity index (χ1n) is 5.91. The van der Waals surface area contributed by atoms with E-state index in [2.05, 4.69) is 5.18 Å². The summed E-state index contributed by atoms with van der Waals surface area (Å²) in [6, 6.07) is 14.6. The van der Waals surface area contributed by atoms with Gasteiger partial charge in [0.1, 0.15) is 12.7 Å². The number of hydrogen-bond acceptors (Lipinski definition) is 5. The monoisotopic (exact) mass is 268 g/mol. The van der Waals surface area contributed by atoms with Gasteiger partial charge in [-0.3, -0.25) is 0 Å². The maximum Gasteiger partial charge on any atom is 0.191 e. The Morgan fingerprint density at radius 1 is 1.20 bits per heavy atom. The molecule has 2 aromatic carbocycles. The van der Waals surface area contributed by atoms with E-state index in [1.807, 2.05) is 36.4 Å². The predicted octanol–water partition coefficient (Wildman–Crippen LogP) is 3.54. The molecule has 0 heterocycles. The lowest BCUT2D eigenvalue weighted by Crippen LogP contribution is -1.98. The molecule has 0 saturated carbocycles. The Morgan fingerprint density at radius 2 is 1.95 bits per heavy atom. The summed E-state index contributed by atoms with van der Waals surface area (Å²) in [6.07, 6.45) is 0. The van der Waals surface area contributed by atoms with Crippen molar-refractivity contribution < 1.29 is 9.47 Å². The first-order chi connectivity index (χ1) is 9.80. The first kappa shape index (κ1) is 13.6. The normalized spacial score (nSPS) is 9.60. The Bertz CT molecular complexity index is 648. The molecule has 0 spiro atoms. The highest BCUT2D eigenvalue weighted by atomic mass is 16.5. The van der Waals surface area contributed by atoms with Crippen molar-refractivity contribution in [2.24, 2.45) is 5.18 Å². The first-order valence-corrected chi connectivity index (χ1v) is 5.91. The molecule has 0 aliphatic carbocycles. The third-order valence-corrected chi connectivity index (χ3v) is 2.75. The largest absolute Gasteiger partial charge is 0.491 e. The number of benzene rings is 2. The van der Waals surface area contributed by atoms with E-state index in [0.29, 0.717) is 12.4 Å². The minimum atomic E-state index is -0.0411. The molecule has 0 aliphatic rings. The number of rotatable bonds is 5. The number of nitrogens with zero attached hydrogens (tertiary/aromatic N) is 2. The van der Waals surface area contributed by atoms with Crippen LogP contribution in [0.25, 0.3) is 0 Å². The maximum atomic E-state index is 10.9. The molecular weight excluding hydrogens is 256 g/mol. The lowest BCUT2D eigenvalue weighted by Gasteiger charge is -2.12. The molecule has 0 aliphatic heterocycles. The van der Waals surface area contributed by atoms with Gasteiger partial charge in [0.05, 0.1) is 12.7 Å². The molecule has 100 valence electrons. The lowest BCUT2D eigenvalue weighted by atomic mass is 10.1. The van der Waals surface area contributed by atoms with Crippen LogP contribution >= 0.6 is 0 Å². The topological polar surface area (TPSA) is 71.7 Å². The van der Waals surface area contributed by atoms with Gasteiger partial charge in [-0.25, -0.2) is 0 Å². The highest BCUT2D eigenvalue weighted by Crippen LogP contribution is 2.40. The number of nitroso groups, excluding NO2 is 1. The fourth-order valence-electron chi connectivity index (χ4n) is 1.78. The van der Waals surface area contributed by atoms with Crippen molar-refractivity contribution in [1.29, 1.82) is 5.26 Å². The molecule has 2 aromatic rings. The zero-order valence-electron chi connectivity index (χ0n) is 10.9. The molecule has 5 heteroatoms. The van der Waals surface area contributed by atoms with Crippen LogP contribution in [-0.2, 0) is 6.61 Å². The molecule has 20 heavy (non-hydrogen) atoms. The van der Waals surface area contributed by atoms with Crippen LogP contribution in [0.4, 0.5) is 5.69 Å². The third kappa shape index (κ3) is 2.75. The summed E-state index contributed by atoms with van der Waals surface area (Å²) in [5, 5.41) is 11.8. The van der Waals surface area contributed by atoms with Crippen molar-refractivity contribution >= 4 is 5.69 Å². The summed E-state index contributed by atoms with van der Waals surface area (Å²) in [5.74, 6) is 0.555. The molecule has 0 atom stereocenters. The Morgan fingerprint density at radius 3 is 2.55 bits per heavy atom. The van der Waals surface area contributed by atoms with E-state index in [0.717, 1.165) is 5.56 Å². The summed E-state index contributed by atoms with van der Waals surface area (Å²) >= 11 is 0. The van der Waals surface area contributed by atoms with Crippen molar-refractivity contribution in [3.8, 4) is 17.6 Å².